The van der Waals surface area contributed by atoms with E-state index in [4.69, 9.17) is 4.74 Å². The minimum Gasteiger partial charge on any atom is -0.462 e. The fourth-order valence-corrected chi connectivity index (χ4v) is 2.58. The van der Waals surface area contributed by atoms with Gasteiger partial charge in [-0.2, -0.15) is 0 Å². The van der Waals surface area contributed by atoms with E-state index >= 15 is 0 Å². The number of thiophene rings is 1. The lowest BCUT2D eigenvalue weighted by Gasteiger charge is -2.00. The summed E-state index contributed by atoms with van der Waals surface area (Å²) < 4.78 is 5.06. The summed E-state index contributed by atoms with van der Waals surface area (Å²) in [5, 5.41) is 0.473. The van der Waals surface area contributed by atoms with E-state index in [1.807, 2.05) is 6.92 Å². The Labute approximate surface area is 101 Å². The average Bonchev–Trinajstić information content (AvgIpc) is 2.65. The Bertz CT molecular complexity index is 615. The van der Waals surface area contributed by atoms with Crippen molar-refractivity contribution < 1.29 is 9.53 Å². The highest BCUT2D eigenvalue weighted by Gasteiger charge is 2.18. The van der Waals surface area contributed by atoms with Gasteiger partial charge >= 0.3 is 5.97 Å². The molecule has 17 heavy (non-hydrogen) atoms. The third-order valence-corrected chi connectivity index (χ3v) is 3.54. The van der Waals surface area contributed by atoms with Crippen LogP contribution in [0.4, 0.5) is 0 Å². The van der Waals surface area contributed by atoms with E-state index in [1.54, 1.807) is 6.92 Å². The largest absolute Gasteiger partial charge is 0.462 e. The van der Waals surface area contributed by atoms with Gasteiger partial charge in [0.15, 0.2) is 0 Å². The highest BCUT2D eigenvalue weighted by molar-refractivity contribution is 7.20. The normalized spacial score (nSPS) is 10.7. The summed E-state index contributed by atoms with van der Waals surface area (Å²) in [4.78, 5) is 30.9. The Morgan fingerprint density at radius 2 is 2.35 bits per heavy atom. The summed E-state index contributed by atoms with van der Waals surface area (Å²) in [5.41, 5.74) is 0.416. The number of carbonyl (C=O) groups is 1. The maximum atomic E-state index is 11.8. The lowest BCUT2D eigenvalue weighted by molar-refractivity contribution is 0.0510. The molecule has 90 valence electrons. The number of nitrogens with one attached hydrogen (secondary N) is 1. The standard InChI is InChI=1S/C11H12N2O3S/c1-3-4-16-11(15)8-6(2)7-9(14)12-5-13-10(7)17-8/h5H,3-4H2,1-2H3,(H,12,13,14). The molecule has 2 aromatic rings. The van der Waals surface area contributed by atoms with Crippen LogP contribution in [0.1, 0.15) is 28.6 Å². The molecule has 0 unspecified atom stereocenters. The molecule has 0 bridgehead atoms. The molecule has 0 spiro atoms. The molecule has 0 atom stereocenters. The van der Waals surface area contributed by atoms with Gasteiger partial charge in [0.05, 0.1) is 18.3 Å². The van der Waals surface area contributed by atoms with Crippen molar-refractivity contribution in [3.05, 3.63) is 27.1 Å². The van der Waals surface area contributed by atoms with Crippen molar-refractivity contribution in [2.75, 3.05) is 6.61 Å². The van der Waals surface area contributed by atoms with Crippen molar-refractivity contribution in [2.24, 2.45) is 0 Å². The Hall–Kier alpha value is -1.69. The van der Waals surface area contributed by atoms with Gasteiger partial charge in [0.25, 0.3) is 5.56 Å². The Morgan fingerprint density at radius 3 is 3.00 bits per heavy atom. The number of H-pyrrole nitrogens is 1. The maximum absolute atomic E-state index is 11.8. The van der Waals surface area contributed by atoms with Crippen molar-refractivity contribution in [2.45, 2.75) is 20.3 Å². The fourth-order valence-electron chi connectivity index (χ4n) is 1.53. The lowest BCUT2D eigenvalue weighted by atomic mass is 10.2. The molecular formula is C11H12N2O3S. The molecule has 0 aliphatic rings. The third-order valence-electron chi connectivity index (χ3n) is 2.36. The molecular weight excluding hydrogens is 240 g/mol. The van der Waals surface area contributed by atoms with E-state index in [-0.39, 0.29) is 11.5 Å². The predicted molar refractivity (Wildman–Crippen MR) is 65.6 cm³/mol. The van der Waals surface area contributed by atoms with Crippen LogP contribution in [0, 0.1) is 6.92 Å². The molecule has 1 N–H and O–H groups in total. The van der Waals surface area contributed by atoms with Crippen molar-refractivity contribution in [1.29, 1.82) is 0 Å². The van der Waals surface area contributed by atoms with Crippen LogP contribution in [0.15, 0.2) is 11.1 Å². The number of nitrogens with zero attached hydrogens (tertiary/aromatic N) is 1. The van der Waals surface area contributed by atoms with E-state index in [0.29, 0.717) is 27.3 Å². The molecule has 0 fully saturated rings. The maximum Gasteiger partial charge on any atom is 0.348 e. The fraction of sp³-hybridized carbons (Fsp3) is 0.364. The van der Waals surface area contributed by atoms with Crippen molar-refractivity contribution in [1.82, 2.24) is 9.97 Å². The van der Waals surface area contributed by atoms with Gasteiger partial charge in [-0.3, -0.25) is 4.79 Å². The van der Waals surface area contributed by atoms with Gasteiger partial charge in [-0.1, -0.05) is 6.92 Å². The number of esters is 1. The first-order chi connectivity index (χ1) is 8.15. The number of aromatic nitrogens is 2. The zero-order chi connectivity index (χ0) is 12.4. The number of hydrogen-bond acceptors (Lipinski definition) is 5. The molecule has 0 saturated carbocycles. The second-order valence-corrected chi connectivity index (χ2v) is 4.60. The third kappa shape index (κ3) is 2.08. The first kappa shape index (κ1) is 11.8. The Morgan fingerprint density at radius 1 is 1.59 bits per heavy atom. The molecule has 6 heteroatoms. The van der Waals surface area contributed by atoms with Crippen LogP contribution < -0.4 is 5.56 Å². The van der Waals surface area contributed by atoms with E-state index in [1.165, 1.54) is 17.7 Å². The topological polar surface area (TPSA) is 72.0 Å². The number of fused-ring (bicyclic) bond motifs is 1. The van der Waals surface area contributed by atoms with Crippen LogP contribution in [-0.4, -0.2) is 22.5 Å². The van der Waals surface area contributed by atoms with Crippen LogP contribution in [0.3, 0.4) is 0 Å². The molecule has 5 nitrogen and oxygen atoms in total. The van der Waals surface area contributed by atoms with Crippen LogP contribution in [-0.2, 0) is 4.74 Å². The quantitative estimate of drug-likeness (QED) is 0.846. The zero-order valence-corrected chi connectivity index (χ0v) is 10.4. The summed E-state index contributed by atoms with van der Waals surface area (Å²) in [5.74, 6) is -0.383. The Kier molecular flexibility index (Phi) is 3.23. The van der Waals surface area contributed by atoms with Crippen LogP contribution in [0.5, 0.6) is 0 Å². The van der Waals surface area contributed by atoms with Crippen LogP contribution in [0.25, 0.3) is 10.2 Å². The molecule has 0 aliphatic heterocycles. The molecule has 2 aromatic heterocycles. The minimum atomic E-state index is -0.383. The highest BCUT2D eigenvalue weighted by atomic mass is 32.1. The summed E-state index contributed by atoms with van der Waals surface area (Å²) in [6, 6.07) is 0. The van der Waals surface area contributed by atoms with Gasteiger partial charge in [0.1, 0.15) is 9.71 Å². The molecule has 0 saturated heterocycles. The van der Waals surface area contributed by atoms with Crippen molar-refractivity contribution in [3.8, 4) is 0 Å². The average molecular weight is 252 g/mol. The summed E-state index contributed by atoms with van der Waals surface area (Å²) >= 11 is 1.19. The predicted octanol–water partition coefficient (Wildman–Crippen LogP) is 1.86. The number of hydrogen-bond donors (Lipinski definition) is 1. The molecule has 0 aliphatic carbocycles. The Balaban J connectivity index is 2.49. The van der Waals surface area contributed by atoms with Crippen LogP contribution in [0.2, 0.25) is 0 Å². The number of ether oxygens (including phenoxy) is 1. The first-order valence-corrected chi connectivity index (χ1v) is 6.10. The summed E-state index contributed by atoms with van der Waals surface area (Å²) in [6.07, 6.45) is 2.11. The highest BCUT2D eigenvalue weighted by Crippen LogP contribution is 2.26. The molecule has 2 heterocycles. The number of aryl methyl sites for hydroxylation is 1. The summed E-state index contributed by atoms with van der Waals surface area (Å²) in [7, 11) is 0. The van der Waals surface area contributed by atoms with E-state index in [2.05, 4.69) is 9.97 Å². The number of carbonyl (C=O) groups excluding carboxylic acids is 1. The SMILES string of the molecule is CCCOC(=O)c1sc2nc[nH]c(=O)c2c1C. The van der Waals surface area contributed by atoms with Gasteiger partial charge in [-0.25, -0.2) is 9.78 Å². The molecule has 2 rings (SSSR count). The number of rotatable bonds is 3. The van der Waals surface area contributed by atoms with E-state index < -0.39 is 0 Å². The van der Waals surface area contributed by atoms with E-state index in [9.17, 15) is 9.59 Å². The van der Waals surface area contributed by atoms with Crippen LogP contribution >= 0.6 is 11.3 Å². The van der Waals surface area contributed by atoms with Gasteiger partial charge in [-0.15, -0.1) is 11.3 Å². The lowest BCUT2D eigenvalue weighted by Crippen LogP contribution is -2.08. The van der Waals surface area contributed by atoms with Crippen molar-refractivity contribution >= 4 is 27.5 Å². The number of aromatic amines is 1. The second-order valence-electron chi connectivity index (χ2n) is 3.60. The molecule has 0 radical (unpaired) electrons. The van der Waals surface area contributed by atoms with Gasteiger partial charge in [0.2, 0.25) is 0 Å². The minimum absolute atomic E-state index is 0.224. The van der Waals surface area contributed by atoms with Gasteiger partial charge in [-0.05, 0) is 18.9 Å². The van der Waals surface area contributed by atoms with Gasteiger partial charge < -0.3 is 9.72 Å². The van der Waals surface area contributed by atoms with Crippen molar-refractivity contribution in [3.63, 3.8) is 0 Å². The molecule has 0 aromatic carbocycles. The monoisotopic (exact) mass is 252 g/mol. The first-order valence-electron chi connectivity index (χ1n) is 5.29. The smallest absolute Gasteiger partial charge is 0.348 e. The summed E-state index contributed by atoms with van der Waals surface area (Å²) in [6.45, 7) is 4.05. The molecule has 0 amide bonds. The van der Waals surface area contributed by atoms with Gasteiger partial charge in [0, 0.05) is 0 Å². The zero-order valence-electron chi connectivity index (χ0n) is 9.57. The van der Waals surface area contributed by atoms with E-state index in [0.717, 1.165) is 6.42 Å². The second kappa shape index (κ2) is 4.67.